The van der Waals surface area contributed by atoms with Crippen molar-refractivity contribution < 1.29 is 9.31 Å². The molecule has 0 aromatic rings. The molecular weight excluding hydrogens is 323 g/mol. The van der Waals surface area contributed by atoms with E-state index in [1.165, 1.54) is 11.0 Å². The van der Waals surface area contributed by atoms with Crippen LogP contribution in [0.4, 0.5) is 0 Å². The van der Waals surface area contributed by atoms with Gasteiger partial charge in [-0.15, -0.1) is 0 Å². The standard InChI is InChI=1S/C21H39BO2Si/c1-14(2)25(15(3)4,16(5)6)18-12-17(7)19(13-18)22-23-20(8,9)21(10,11)24-22/h12-16,18H,1-11H3. The number of hydrogen-bond acceptors (Lipinski definition) is 2. The van der Waals surface area contributed by atoms with Crippen LogP contribution in [0.1, 0.15) is 76.2 Å². The fraction of sp³-hybridized carbons (Fsp3) is 0.810. The minimum Gasteiger partial charge on any atom is -0.399 e. The maximum Gasteiger partial charge on any atom is 0.494 e. The summed E-state index contributed by atoms with van der Waals surface area (Å²) in [4.78, 5) is 0. The second-order valence-corrected chi connectivity index (χ2v) is 16.2. The Balaban J connectivity index is 2.42. The van der Waals surface area contributed by atoms with E-state index in [0.29, 0.717) is 5.54 Å². The highest BCUT2D eigenvalue weighted by molar-refractivity contribution is 6.85. The van der Waals surface area contributed by atoms with Gasteiger partial charge < -0.3 is 9.31 Å². The molecule has 0 saturated carbocycles. The number of allylic oxidation sites excluding steroid dienone is 4. The van der Waals surface area contributed by atoms with Crippen molar-refractivity contribution >= 4 is 15.2 Å². The summed E-state index contributed by atoms with van der Waals surface area (Å²) in [5.41, 5.74) is 4.87. The molecule has 1 saturated heterocycles. The Morgan fingerprint density at radius 3 is 1.60 bits per heavy atom. The van der Waals surface area contributed by atoms with Gasteiger partial charge in [0, 0.05) is 0 Å². The highest BCUT2D eigenvalue weighted by Gasteiger charge is 2.55. The highest BCUT2D eigenvalue weighted by Crippen LogP contribution is 2.54. The Bertz CT molecular complexity index is 535. The first-order valence-electron chi connectivity index (χ1n) is 10.0. The normalized spacial score (nSPS) is 26.0. The zero-order valence-corrected chi connectivity index (χ0v) is 19.4. The lowest BCUT2D eigenvalue weighted by atomic mass is 9.75. The van der Waals surface area contributed by atoms with Crippen LogP contribution in [0.15, 0.2) is 23.2 Å². The van der Waals surface area contributed by atoms with Crippen LogP contribution >= 0.6 is 0 Å². The second kappa shape index (κ2) is 6.69. The fourth-order valence-corrected chi connectivity index (χ4v) is 12.7. The van der Waals surface area contributed by atoms with Crippen molar-refractivity contribution in [2.75, 3.05) is 0 Å². The summed E-state index contributed by atoms with van der Waals surface area (Å²) >= 11 is 0. The van der Waals surface area contributed by atoms with E-state index in [4.69, 9.17) is 9.31 Å². The smallest absolute Gasteiger partial charge is 0.399 e. The van der Waals surface area contributed by atoms with Gasteiger partial charge in [-0.05, 0) is 62.3 Å². The fourth-order valence-electron chi connectivity index (χ4n) is 5.42. The third-order valence-corrected chi connectivity index (χ3v) is 14.8. The minimum absolute atomic E-state index is 0.232. The molecule has 0 N–H and O–H groups in total. The molecule has 2 aliphatic rings. The van der Waals surface area contributed by atoms with Crippen molar-refractivity contribution in [2.24, 2.45) is 0 Å². The molecule has 1 aliphatic heterocycles. The third-order valence-electron chi connectivity index (χ3n) is 7.33. The Morgan fingerprint density at radius 1 is 0.840 bits per heavy atom. The van der Waals surface area contributed by atoms with Gasteiger partial charge in [0.25, 0.3) is 0 Å². The average Bonchev–Trinajstić information content (AvgIpc) is 2.87. The first-order valence-corrected chi connectivity index (χ1v) is 12.3. The van der Waals surface area contributed by atoms with Crippen molar-refractivity contribution in [1.82, 2.24) is 0 Å². The van der Waals surface area contributed by atoms with Crippen molar-refractivity contribution in [1.29, 1.82) is 0 Å². The maximum absolute atomic E-state index is 6.34. The lowest BCUT2D eigenvalue weighted by Gasteiger charge is -2.46. The molecule has 1 aliphatic carbocycles. The maximum atomic E-state index is 6.34. The van der Waals surface area contributed by atoms with Crippen LogP contribution in [0.5, 0.6) is 0 Å². The van der Waals surface area contributed by atoms with Crippen LogP contribution in [-0.2, 0) is 9.31 Å². The molecule has 0 aromatic heterocycles. The van der Waals surface area contributed by atoms with E-state index in [2.05, 4.69) is 88.3 Å². The van der Waals surface area contributed by atoms with E-state index in [1.807, 2.05) is 0 Å². The van der Waals surface area contributed by atoms with E-state index in [1.54, 1.807) is 0 Å². The average molecular weight is 362 g/mol. The van der Waals surface area contributed by atoms with Crippen LogP contribution in [0.2, 0.25) is 22.2 Å². The Morgan fingerprint density at radius 2 is 1.24 bits per heavy atom. The van der Waals surface area contributed by atoms with Crippen LogP contribution < -0.4 is 0 Å². The lowest BCUT2D eigenvalue weighted by Crippen LogP contribution is -2.47. The SMILES string of the molecule is CC1=CC([Si](C(C)C)(C(C)C)C(C)C)C=C1B1OC(C)(C)C(C)(C)O1. The third kappa shape index (κ3) is 3.23. The van der Waals surface area contributed by atoms with Gasteiger partial charge in [-0.3, -0.25) is 0 Å². The van der Waals surface area contributed by atoms with E-state index in [9.17, 15) is 0 Å². The van der Waals surface area contributed by atoms with E-state index < -0.39 is 8.07 Å². The Kier molecular flexibility index (Phi) is 5.61. The Labute approximate surface area is 157 Å². The summed E-state index contributed by atoms with van der Waals surface area (Å²) in [5, 5.41) is 0. The molecule has 142 valence electrons. The summed E-state index contributed by atoms with van der Waals surface area (Å²) < 4.78 is 12.7. The van der Waals surface area contributed by atoms with Gasteiger partial charge in [-0.1, -0.05) is 59.3 Å². The van der Waals surface area contributed by atoms with E-state index in [0.717, 1.165) is 16.6 Å². The van der Waals surface area contributed by atoms with E-state index >= 15 is 0 Å². The quantitative estimate of drug-likeness (QED) is 0.516. The molecule has 4 heteroatoms. The van der Waals surface area contributed by atoms with Gasteiger partial charge in [-0.25, -0.2) is 0 Å². The molecule has 25 heavy (non-hydrogen) atoms. The molecule has 0 bridgehead atoms. The molecule has 1 unspecified atom stereocenters. The lowest BCUT2D eigenvalue weighted by molar-refractivity contribution is 0.00578. The van der Waals surface area contributed by atoms with E-state index in [-0.39, 0.29) is 18.3 Å². The zero-order valence-electron chi connectivity index (χ0n) is 18.4. The van der Waals surface area contributed by atoms with Crippen molar-refractivity contribution in [3.8, 4) is 0 Å². The van der Waals surface area contributed by atoms with Gasteiger partial charge in [0.05, 0.1) is 19.3 Å². The highest BCUT2D eigenvalue weighted by atomic mass is 28.3. The molecule has 0 aromatic carbocycles. The predicted molar refractivity (Wildman–Crippen MR) is 113 cm³/mol. The van der Waals surface area contributed by atoms with Gasteiger partial charge in [-0.2, -0.15) is 0 Å². The molecule has 0 radical (unpaired) electrons. The van der Waals surface area contributed by atoms with Crippen LogP contribution in [0.3, 0.4) is 0 Å². The molecule has 0 amide bonds. The zero-order chi connectivity index (χ0) is 19.4. The summed E-state index contributed by atoms with van der Waals surface area (Å²) in [5.74, 6) is 0. The summed E-state index contributed by atoms with van der Waals surface area (Å²) in [6.45, 7) is 25.4. The van der Waals surface area contributed by atoms with Gasteiger partial charge in [0.15, 0.2) is 0 Å². The molecule has 1 heterocycles. The van der Waals surface area contributed by atoms with Crippen LogP contribution in [0.25, 0.3) is 0 Å². The topological polar surface area (TPSA) is 18.5 Å². The summed E-state index contributed by atoms with van der Waals surface area (Å²) in [6.07, 6.45) is 5.02. The predicted octanol–water partition coefficient (Wildman–Crippen LogP) is 6.55. The molecular formula is C21H39BO2Si. The largest absolute Gasteiger partial charge is 0.494 e. The molecule has 1 fully saturated rings. The van der Waals surface area contributed by atoms with Gasteiger partial charge in [0.2, 0.25) is 0 Å². The molecule has 0 spiro atoms. The molecule has 2 nitrogen and oxygen atoms in total. The minimum atomic E-state index is -1.56. The first kappa shape index (κ1) is 21.0. The van der Waals surface area contributed by atoms with Crippen molar-refractivity contribution in [2.45, 2.75) is 110 Å². The van der Waals surface area contributed by atoms with Gasteiger partial charge in [0.1, 0.15) is 0 Å². The van der Waals surface area contributed by atoms with Crippen LogP contribution in [-0.4, -0.2) is 26.4 Å². The number of hydrogen-bond donors (Lipinski definition) is 0. The van der Waals surface area contributed by atoms with Gasteiger partial charge >= 0.3 is 7.12 Å². The van der Waals surface area contributed by atoms with Crippen LogP contribution in [0, 0.1) is 0 Å². The monoisotopic (exact) mass is 362 g/mol. The first-order chi connectivity index (χ1) is 11.3. The molecule has 2 rings (SSSR count). The summed E-state index contributed by atoms with van der Waals surface area (Å²) in [7, 11) is -1.80. The molecule has 1 atom stereocenters. The summed E-state index contributed by atoms with van der Waals surface area (Å²) in [6, 6.07) is 0. The Hall–Kier alpha value is -0.318. The second-order valence-electron chi connectivity index (χ2n) is 10.0. The van der Waals surface area contributed by atoms with Crippen molar-refractivity contribution in [3.63, 3.8) is 0 Å². The van der Waals surface area contributed by atoms with Crippen molar-refractivity contribution in [3.05, 3.63) is 23.2 Å². The number of rotatable bonds is 5.